The summed E-state index contributed by atoms with van der Waals surface area (Å²) in [4.78, 5) is 22.8. The average Bonchev–Trinajstić information content (AvgIpc) is 3.47. The smallest absolute Gasteiger partial charge is 0.410 e. The van der Waals surface area contributed by atoms with E-state index in [1.807, 2.05) is 0 Å². The van der Waals surface area contributed by atoms with Crippen LogP contribution in [0.1, 0.15) is 44.9 Å². The van der Waals surface area contributed by atoms with Gasteiger partial charge in [-0.1, -0.05) is 11.6 Å². The molecule has 3 aliphatic rings. The molecule has 1 aromatic heterocycles. The Morgan fingerprint density at radius 3 is 2.79 bits per heavy atom. The summed E-state index contributed by atoms with van der Waals surface area (Å²) in [7, 11) is -1.30. The molecule has 10 nitrogen and oxygen atoms in total. The molecule has 0 radical (unpaired) electrons. The van der Waals surface area contributed by atoms with Crippen molar-refractivity contribution in [2.45, 2.75) is 68.7 Å². The van der Waals surface area contributed by atoms with Crippen molar-refractivity contribution >= 4 is 27.7 Å². The number of carbonyl (C=O) groups excluding carboxylic acids is 1. The lowest BCUT2D eigenvalue weighted by Crippen LogP contribution is -2.50. The van der Waals surface area contributed by atoms with Gasteiger partial charge >= 0.3 is 6.09 Å². The number of nitrogens with zero attached hydrogens (tertiary/aromatic N) is 3. The number of rotatable bonds is 8. The maximum Gasteiger partial charge on any atom is 0.410 e. The largest absolute Gasteiger partial charge is 0.480 e. The van der Waals surface area contributed by atoms with Gasteiger partial charge < -0.3 is 14.2 Å². The van der Waals surface area contributed by atoms with Crippen LogP contribution in [-0.2, 0) is 24.9 Å². The van der Waals surface area contributed by atoms with Crippen LogP contribution in [0.5, 0.6) is 5.88 Å². The highest BCUT2D eigenvalue weighted by Crippen LogP contribution is 2.62. The number of halogens is 2. The third kappa shape index (κ3) is 4.82. The highest BCUT2D eigenvalue weighted by molar-refractivity contribution is 7.89. The molecule has 1 N–H and O–H groups in total. The fourth-order valence-corrected chi connectivity index (χ4v) is 6.47. The first kappa shape index (κ1) is 25.3. The van der Waals surface area contributed by atoms with Gasteiger partial charge in [-0.15, -0.1) is 0 Å². The quantitative estimate of drug-likeness (QED) is 0.555. The first-order chi connectivity index (χ1) is 16.1. The van der Waals surface area contributed by atoms with Gasteiger partial charge in [0.05, 0.1) is 39.2 Å². The summed E-state index contributed by atoms with van der Waals surface area (Å²) >= 11 is 6.07. The predicted octanol–water partition coefficient (Wildman–Crippen LogP) is 2.41. The molecule has 2 aliphatic carbocycles. The Morgan fingerprint density at radius 2 is 2.15 bits per heavy atom. The van der Waals surface area contributed by atoms with E-state index in [4.69, 9.17) is 25.8 Å². The van der Waals surface area contributed by atoms with Gasteiger partial charge in [0.2, 0.25) is 21.9 Å². The monoisotopic (exact) mass is 520 g/mol. The van der Waals surface area contributed by atoms with Crippen LogP contribution in [0.4, 0.5) is 9.18 Å². The summed E-state index contributed by atoms with van der Waals surface area (Å²) in [6.45, 7) is 1.92. The molecule has 1 aromatic rings. The fourth-order valence-electron chi connectivity index (χ4n) is 5.52. The summed E-state index contributed by atoms with van der Waals surface area (Å²) in [5.41, 5.74) is -0.100. The van der Waals surface area contributed by atoms with Crippen molar-refractivity contribution < 1.29 is 31.8 Å². The van der Waals surface area contributed by atoms with Crippen LogP contribution < -0.4 is 9.46 Å². The lowest BCUT2D eigenvalue weighted by Gasteiger charge is -2.32. The maximum atomic E-state index is 12.9. The van der Waals surface area contributed by atoms with Gasteiger partial charge in [-0.25, -0.2) is 27.3 Å². The van der Waals surface area contributed by atoms with Gasteiger partial charge in [0, 0.05) is 17.5 Å². The van der Waals surface area contributed by atoms with E-state index in [2.05, 4.69) is 14.7 Å². The number of hydrogen-bond acceptors (Lipinski definition) is 8. The topological polar surface area (TPSA) is 120 Å². The van der Waals surface area contributed by atoms with Gasteiger partial charge in [-0.2, -0.15) is 4.98 Å². The van der Waals surface area contributed by atoms with Crippen molar-refractivity contribution in [3.8, 4) is 5.88 Å². The standard InChI is InChI=1S/C21H30ClFN4O6S/c1-12-6-16(26-34(29,30)11-23)17(27(12)20(28)32-3)10-33-14-4-5-21(8-13(21)7-14)19-24-9-15(22)18(25-19)31-2/h9,12-14,16-17,26H,4-8,10-11H2,1-3H3/t12-,13?,14?,16+,17+,21?/m1/s1. The van der Waals surface area contributed by atoms with Crippen LogP contribution in [0.2, 0.25) is 5.02 Å². The van der Waals surface area contributed by atoms with E-state index >= 15 is 0 Å². The molecule has 2 heterocycles. The molecule has 190 valence electrons. The fraction of sp³-hybridized carbons (Fsp3) is 0.762. The number of alkyl halides is 1. The molecule has 3 unspecified atom stereocenters. The molecule has 0 spiro atoms. The minimum atomic E-state index is -4.09. The summed E-state index contributed by atoms with van der Waals surface area (Å²) in [6, 6.07) is -3.06. The van der Waals surface area contributed by atoms with Gasteiger partial charge in [-0.3, -0.25) is 4.90 Å². The number of likely N-dealkylation sites (tertiary alicyclic amines) is 1. The Balaban J connectivity index is 1.41. The van der Waals surface area contributed by atoms with E-state index in [0.717, 1.165) is 31.5 Å². The van der Waals surface area contributed by atoms with Crippen LogP contribution in [0.15, 0.2) is 6.20 Å². The van der Waals surface area contributed by atoms with Gasteiger partial charge in [0.25, 0.3) is 0 Å². The minimum absolute atomic E-state index is 0.0522. The van der Waals surface area contributed by atoms with Gasteiger partial charge in [-0.05, 0) is 44.9 Å². The summed E-state index contributed by atoms with van der Waals surface area (Å²) in [5, 5.41) is 0.371. The Bertz CT molecular complexity index is 1030. The molecule has 13 heteroatoms. The van der Waals surface area contributed by atoms with Crippen molar-refractivity contribution in [1.29, 1.82) is 0 Å². The molecule has 0 bridgehead atoms. The zero-order valence-corrected chi connectivity index (χ0v) is 20.9. The molecule has 34 heavy (non-hydrogen) atoms. The second-order valence-electron chi connectivity index (χ2n) is 9.32. The number of sulfonamides is 1. The molecule has 6 atom stereocenters. The number of aromatic nitrogens is 2. The minimum Gasteiger partial charge on any atom is -0.480 e. The molecule has 1 saturated heterocycles. The number of fused-ring (bicyclic) bond motifs is 1. The molecule has 3 fully saturated rings. The van der Waals surface area contributed by atoms with Crippen LogP contribution in [0, 0.1) is 5.92 Å². The number of amides is 1. The number of methoxy groups -OCH3 is 2. The Labute approximate surface area is 203 Å². The van der Waals surface area contributed by atoms with E-state index in [1.165, 1.54) is 19.1 Å². The van der Waals surface area contributed by atoms with Crippen molar-refractivity contribution in [2.24, 2.45) is 5.92 Å². The zero-order valence-electron chi connectivity index (χ0n) is 19.4. The van der Waals surface area contributed by atoms with Crippen molar-refractivity contribution in [1.82, 2.24) is 19.6 Å². The zero-order chi connectivity index (χ0) is 24.7. The maximum absolute atomic E-state index is 12.9. The molecule has 2 saturated carbocycles. The van der Waals surface area contributed by atoms with Gasteiger partial charge in [0.1, 0.15) is 10.8 Å². The van der Waals surface area contributed by atoms with Crippen molar-refractivity contribution in [3.05, 3.63) is 17.0 Å². The molecule has 0 aromatic carbocycles. The normalized spacial score (nSPS) is 32.9. The first-order valence-corrected chi connectivity index (χ1v) is 13.3. The third-order valence-corrected chi connectivity index (χ3v) is 8.51. The number of hydrogen-bond donors (Lipinski definition) is 1. The SMILES string of the molecule is COC(=O)N1[C@H](C)C[C@H](NS(=O)(=O)CF)[C@@H]1COC1CCC2(c3ncc(Cl)c(OC)n3)CC2C1. The molecule has 1 aliphatic heterocycles. The number of nitrogens with one attached hydrogen (secondary N) is 1. The molecule has 4 rings (SSSR count). The highest BCUT2D eigenvalue weighted by Gasteiger charge is 2.60. The van der Waals surface area contributed by atoms with E-state index < -0.39 is 34.2 Å². The predicted molar refractivity (Wildman–Crippen MR) is 121 cm³/mol. The second-order valence-corrected chi connectivity index (χ2v) is 11.4. The summed E-state index contributed by atoms with van der Waals surface area (Å²) in [6.07, 6.45) is 4.65. The number of ether oxygens (including phenoxy) is 3. The molecular weight excluding hydrogens is 491 g/mol. The Hall–Kier alpha value is -1.76. The summed E-state index contributed by atoms with van der Waals surface area (Å²) < 4.78 is 55.3. The Morgan fingerprint density at radius 1 is 1.38 bits per heavy atom. The van der Waals surface area contributed by atoms with Crippen LogP contribution in [-0.4, -0.2) is 80.4 Å². The average molecular weight is 521 g/mol. The third-order valence-electron chi connectivity index (χ3n) is 7.30. The van der Waals surface area contributed by atoms with Crippen LogP contribution in [0.25, 0.3) is 0 Å². The summed E-state index contributed by atoms with van der Waals surface area (Å²) in [5.74, 6) is 1.46. The van der Waals surface area contributed by atoms with E-state index in [0.29, 0.717) is 23.2 Å². The van der Waals surface area contributed by atoms with Crippen LogP contribution >= 0.6 is 11.6 Å². The molecular formula is C21H30ClFN4O6S. The van der Waals surface area contributed by atoms with Gasteiger partial charge in [0.15, 0.2) is 0 Å². The van der Waals surface area contributed by atoms with Crippen molar-refractivity contribution in [3.63, 3.8) is 0 Å². The number of carbonyl (C=O) groups is 1. The van der Waals surface area contributed by atoms with E-state index in [9.17, 15) is 17.6 Å². The lowest BCUT2D eigenvalue weighted by molar-refractivity contribution is -0.0103. The lowest BCUT2D eigenvalue weighted by atomic mass is 9.86. The van der Waals surface area contributed by atoms with Crippen LogP contribution in [0.3, 0.4) is 0 Å². The highest BCUT2D eigenvalue weighted by atomic mass is 35.5. The van der Waals surface area contributed by atoms with E-state index in [-0.39, 0.29) is 24.2 Å². The second kappa shape index (κ2) is 9.71. The van der Waals surface area contributed by atoms with Crippen molar-refractivity contribution in [2.75, 3.05) is 26.8 Å². The Kier molecular flexibility index (Phi) is 7.24. The first-order valence-electron chi connectivity index (χ1n) is 11.2. The van der Waals surface area contributed by atoms with E-state index in [1.54, 1.807) is 13.1 Å². The molecule has 1 amide bonds.